The van der Waals surface area contributed by atoms with Gasteiger partial charge >= 0.3 is 12.0 Å². The molecule has 1 saturated carbocycles. The van der Waals surface area contributed by atoms with Crippen LogP contribution < -0.4 is 5.32 Å². The highest BCUT2D eigenvalue weighted by Crippen LogP contribution is 2.35. The van der Waals surface area contributed by atoms with Gasteiger partial charge in [-0.2, -0.15) is 0 Å². The van der Waals surface area contributed by atoms with E-state index < -0.39 is 12.0 Å². The summed E-state index contributed by atoms with van der Waals surface area (Å²) in [7, 11) is 0. The lowest BCUT2D eigenvalue weighted by Crippen LogP contribution is -2.53. The molecule has 0 aromatic heterocycles. The van der Waals surface area contributed by atoms with Crippen molar-refractivity contribution in [2.75, 3.05) is 5.75 Å². The number of hydrogen-bond donors (Lipinski definition) is 2. The first-order chi connectivity index (χ1) is 9.30. The molecule has 6 heteroatoms. The van der Waals surface area contributed by atoms with Gasteiger partial charge in [-0.1, -0.05) is 20.3 Å². The van der Waals surface area contributed by atoms with E-state index in [1.54, 1.807) is 0 Å². The maximum atomic E-state index is 12.4. The molecule has 20 heavy (non-hydrogen) atoms. The molecule has 3 atom stereocenters. The summed E-state index contributed by atoms with van der Waals surface area (Å²) in [6, 6.07) is -0.761. The minimum atomic E-state index is -0.916. The second-order valence-corrected chi connectivity index (χ2v) is 7.95. The van der Waals surface area contributed by atoms with E-state index in [1.807, 2.05) is 6.92 Å². The summed E-state index contributed by atoms with van der Waals surface area (Å²) in [4.78, 5) is 25.1. The molecule has 2 N–H and O–H groups in total. The van der Waals surface area contributed by atoms with Crippen LogP contribution >= 0.6 is 11.8 Å². The molecule has 0 radical (unpaired) electrons. The van der Waals surface area contributed by atoms with E-state index in [4.69, 9.17) is 0 Å². The van der Waals surface area contributed by atoms with Crippen molar-refractivity contribution in [3.8, 4) is 0 Å². The molecular weight excluding hydrogens is 276 g/mol. The Kier molecular flexibility index (Phi) is 4.52. The summed E-state index contributed by atoms with van der Waals surface area (Å²) in [5.74, 6) is -0.443. The van der Waals surface area contributed by atoms with Gasteiger partial charge in [0, 0.05) is 11.8 Å². The standard InChI is InChI=1S/C14H24N2O3S/c1-9-16(11(8-20-9)12(17)18)13(19)15-10-5-4-6-14(2,3)7-10/h9-11H,4-8H2,1-3H3,(H,15,19)(H,17,18). The molecular formula is C14H24N2O3S. The molecule has 3 unspecified atom stereocenters. The maximum absolute atomic E-state index is 12.4. The molecule has 5 nitrogen and oxygen atoms in total. The van der Waals surface area contributed by atoms with Crippen molar-refractivity contribution in [2.45, 2.75) is 63.9 Å². The van der Waals surface area contributed by atoms with E-state index in [0.717, 1.165) is 19.3 Å². The number of hydrogen-bond acceptors (Lipinski definition) is 3. The van der Waals surface area contributed by atoms with Crippen LogP contribution in [0.2, 0.25) is 0 Å². The molecule has 1 saturated heterocycles. The Hall–Kier alpha value is -0.910. The van der Waals surface area contributed by atoms with Crippen molar-refractivity contribution in [1.82, 2.24) is 10.2 Å². The third-order valence-electron chi connectivity index (χ3n) is 4.28. The third-order valence-corrected chi connectivity index (χ3v) is 5.49. The number of amides is 2. The van der Waals surface area contributed by atoms with E-state index >= 15 is 0 Å². The number of carboxylic acid groups (broad SMARTS) is 1. The summed E-state index contributed by atoms with van der Waals surface area (Å²) in [5, 5.41) is 12.2. The van der Waals surface area contributed by atoms with Crippen molar-refractivity contribution in [1.29, 1.82) is 0 Å². The van der Waals surface area contributed by atoms with Crippen molar-refractivity contribution < 1.29 is 14.7 Å². The molecule has 0 bridgehead atoms. The molecule has 1 aliphatic carbocycles. The van der Waals surface area contributed by atoms with Gasteiger partial charge < -0.3 is 10.4 Å². The fraction of sp³-hybridized carbons (Fsp3) is 0.857. The lowest BCUT2D eigenvalue weighted by molar-refractivity contribution is -0.141. The number of carbonyl (C=O) groups is 2. The molecule has 0 aromatic carbocycles. The second-order valence-electron chi connectivity index (χ2n) is 6.60. The van der Waals surface area contributed by atoms with Crippen molar-refractivity contribution in [2.24, 2.45) is 5.41 Å². The zero-order valence-electron chi connectivity index (χ0n) is 12.4. The molecule has 1 heterocycles. The molecule has 2 rings (SSSR count). The smallest absolute Gasteiger partial charge is 0.327 e. The van der Waals surface area contributed by atoms with Gasteiger partial charge in [-0.15, -0.1) is 11.8 Å². The molecule has 114 valence electrons. The van der Waals surface area contributed by atoms with Gasteiger partial charge in [0.1, 0.15) is 6.04 Å². The summed E-state index contributed by atoms with van der Waals surface area (Å²) in [5.41, 5.74) is 0.258. The summed E-state index contributed by atoms with van der Waals surface area (Å²) in [6.07, 6.45) is 4.26. The lowest BCUT2D eigenvalue weighted by atomic mass is 9.75. The van der Waals surface area contributed by atoms with Crippen LogP contribution in [0.15, 0.2) is 0 Å². The van der Waals surface area contributed by atoms with Crippen LogP contribution in [-0.2, 0) is 4.79 Å². The van der Waals surface area contributed by atoms with E-state index in [1.165, 1.54) is 23.1 Å². The molecule has 1 aliphatic heterocycles. The number of carboxylic acids is 1. The number of rotatable bonds is 2. The van der Waals surface area contributed by atoms with Crippen LogP contribution in [0.1, 0.15) is 46.5 Å². The van der Waals surface area contributed by atoms with E-state index in [9.17, 15) is 14.7 Å². The topological polar surface area (TPSA) is 69.6 Å². The predicted octanol–water partition coefficient (Wildman–Crippen LogP) is 2.51. The summed E-state index contributed by atoms with van der Waals surface area (Å²) < 4.78 is 0. The Morgan fingerprint density at radius 1 is 1.40 bits per heavy atom. The monoisotopic (exact) mass is 300 g/mol. The van der Waals surface area contributed by atoms with Crippen LogP contribution in [0, 0.1) is 5.41 Å². The fourth-order valence-electron chi connectivity index (χ4n) is 3.21. The van der Waals surface area contributed by atoms with Crippen molar-refractivity contribution >= 4 is 23.8 Å². The quantitative estimate of drug-likeness (QED) is 0.822. The highest BCUT2D eigenvalue weighted by molar-refractivity contribution is 8.00. The van der Waals surface area contributed by atoms with Crippen LogP contribution in [-0.4, -0.2) is 45.2 Å². The molecule has 2 fully saturated rings. The van der Waals surface area contributed by atoms with Gasteiger partial charge in [0.15, 0.2) is 0 Å². The Bertz CT molecular complexity index is 400. The molecule has 0 spiro atoms. The van der Waals surface area contributed by atoms with Crippen molar-refractivity contribution in [3.63, 3.8) is 0 Å². The van der Waals surface area contributed by atoms with Gasteiger partial charge in [0.2, 0.25) is 0 Å². The molecule has 0 aromatic rings. The Morgan fingerprint density at radius 2 is 2.10 bits per heavy atom. The Balaban J connectivity index is 1.98. The number of nitrogens with zero attached hydrogens (tertiary/aromatic N) is 1. The van der Waals surface area contributed by atoms with Gasteiger partial charge in [-0.05, 0) is 31.6 Å². The SMILES string of the molecule is CC1SCC(C(=O)O)N1C(=O)NC1CCCC(C)(C)C1. The van der Waals surface area contributed by atoms with Gasteiger partial charge in [0.25, 0.3) is 0 Å². The number of nitrogens with one attached hydrogen (secondary N) is 1. The van der Waals surface area contributed by atoms with Crippen LogP contribution in [0.25, 0.3) is 0 Å². The molecule has 2 amide bonds. The van der Waals surface area contributed by atoms with E-state index in [2.05, 4.69) is 19.2 Å². The number of aliphatic carboxylic acids is 1. The average Bonchev–Trinajstić information content (AvgIpc) is 2.69. The third kappa shape index (κ3) is 3.40. The van der Waals surface area contributed by atoms with Gasteiger partial charge in [0.05, 0.1) is 5.37 Å². The summed E-state index contributed by atoms with van der Waals surface area (Å²) in [6.45, 7) is 6.33. The fourth-order valence-corrected chi connectivity index (χ4v) is 4.38. The number of carbonyl (C=O) groups excluding carboxylic acids is 1. The second kappa shape index (κ2) is 5.84. The lowest BCUT2D eigenvalue weighted by Gasteiger charge is -2.37. The Labute approximate surface area is 124 Å². The average molecular weight is 300 g/mol. The van der Waals surface area contributed by atoms with E-state index in [0.29, 0.717) is 5.75 Å². The van der Waals surface area contributed by atoms with Gasteiger partial charge in [-0.25, -0.2) is 9.59 Å². The van der Waals surface area contributed by atoms with Gasteiger partial charge in [-0.3, -0.25) is 4.90 Å². The first-order valence-corrected chi connectivity index (χ1v) is 8.28. The Morgan fingerprint density at radius 3 is 2.70 bits per heavy atom. The largest absolute Gasteiger partial charge is 0.480 e. The summed E-state index contributed by atoms with van der Waals surface area (Å²) >= 11 is 1.52. The predicted molar refractivity (Wildman–Crippen MR) is 79.8 cm³/mol. The van der Waals surface area contributed by atoms with Crippen LogP contribution in [0.5, 0.6) is 0 Å². The minimum absolute atomic E-state index is 0.0762. The molecule has 2 aliphatic rings. The number of urea groups is 1. The first-order valence-electron chi connectivity index (χ1n) is 7.23. The van der Waals surface area contributed by atoms with Crippen molar-refractivity contribution in [3.05, 3.63) is 0 Å². The van der Waals surface area contributed by atoms with Crippen LogP contribution in [0.4, 0.5) is 4.79 Å². The zero-order valence-corrected chi connectivity index (χ0v) is 13.2. The maximum Gasteiger partial charge on any atom is 0.327 e. The number of thioether (sulfide) groups is 1. The first kappa shape index (κ1) is 15.5. The van der Waals surface area contributed by atoms with Crippen LogP contribution in [0.3, 0.4) is 0 Å². The highest BCUT2D eigenvalue weighted by atomic mass is 32.2. The normalized spacial score (nSPS) is 33.0. The minimum Gasteiger partial charge on any atom is -0.480 e. The highest BCUT2D eigenvalue weighted by Gasteiger charge is 2.40. The zero-order chi connectivity index (χ0) is 14.9. The van der Waals surface area contributed by atoms with E-state index in [-0.39, 0.29) is 22.9 Å².